The zero-order valence-electron chi connectivity index (χ0n) is 12.5. The van der Waals surface area contributed by atoms with Gasteiger partial charge < -0.3 is 20.0 Å². The molecule has 2 N–H and O–H groups in total. The maximum Gasteiger partial charge on any atom is 0.257 e. The molecule has 0 aliphatic heterocycles. The molecule has 0 unspecified atom stereocenters. The molecular formula is C16H12BrN2O4S-. The quantitative estimate of drug-likeness (QED) is 0.752. The van der Waals surface area contributed by atoms with Crippen LogP contribution >= 0.6 is 28.1 Å². The molecule has 0 saturated heterocycles. The van der Waals surface area contributed by atoms with Gasteiger partial charge in [-0.1, -0.05) is 12.1 Å². The fraction of sp³-hybridized carbons (Fsp3) is 0.0625. The molecule has 0 aliphatic carbocycles. The van der Waals surface area contributed by atoms with Crippen LogP contribution in [0.5, 0.6) is 5.75 Å². The van der Waals surface area contributed by atoms with E-state index in [9.17, 15) is 14.7 Å². The normalized spacial score (nSPS) is 9.92. The van der Waals surface area contributed by atoms with Crippen LogP contribution in [0.2, 0.25) is 0 Å². The van der Waals surface area contributed by atoms with E-state index in [2.05, 4.69) is 26.6 Å². The number of benzene rings is 2. The van der Waals surface area contributed by atoms with Crippen LogP contribution in [0, 0.1) is 0 Å². The molecule has 124 valence electrons. The molecule has 6 nitrogen and oxygen atoms in total. The first-order valence-electron chi connectivity index (χ1n) is 6.68. The molecule has 0 fully saturated rings. The van der Waals surface area contributed by atoms with Crippen molar-refractivity contribution < 1.29 is 19.4 Å². The van der Waals surface area contributed by atoms with Gasteiger partial charge in [-0.3, -0.25) is 10.1 Å². The maximum atomic E-state index is 12.2. The van der Waals surface area contributed by atoms with Gasteiger partial charge in [-0.15, -0.1) is 0 Å². The number of hydrogen-bond acceptors (Lipinski definition) is 5. The first-order chi connectivity index (χ1) is 11.4. The van der Waals surface area contributed by atoms with Crippen molar-refractivity contribution in [1.29, 1.82) is 0 Å². The Kier molecular flexibility index (Phi) is 5.88. The number of aromatic carboxylic acids is 1. The maximum absolute atomic E-state index is 12.2. The smallest absolute Gasteiger partial charge is 0.257 e. The van der Waals surface area contributed by atoms with E-state index in [1.165, 1.54) is 31.4 Å². The van der Waals surface area contributed by atoms with Crippen molar-refractivity contribution in [2.75, 3.05) is 12.4 Å². The third kappa shape index (κ3) is 4.53. The Hall–Kier alpha value is -2.45. The summed E-state index contributed by atoms with van der Waals surface area (Å²) in [4.78, 5) is 22.8. The fourth-order valence-corrected chi connectivity index (χ4v) is 2.59. The van der Waals surface area contributed by atoms with Gasteiger partial charge in [0.25, 0.3) is 5.91 Å². The predicted octanol–water partition coefficient (Wildman–Crippen LogP) is 1.95. The second kappa shape index (κ2) is 7.89. The summed E-state index contributed by atoms with van der Waals surface area (Å²) in [6.45, 7) is 0. The number of amides is 1. The molecule has 0 aromatic heterocycles. The monoisotopic (exact) mass is 407 g/mol. The Morgan fingerprint density at radius 2 is 1.75 bits per heavy atom. The lowest BCUT2D eigenvalue weighted by Gasteiger charge is -2.11. The summed E-state index contributed by atoms with van der Waals surface area (Å²) in [7, 11) is 1.53. The van der Waals surface area contributed by atoms with Gasteiger partial charge in [-0.2, -0.15) is 0 Å². The molecule has 0 bridgehead atoms. The van der Waals surface area contributed by atoms with Gasteiger partial charge in [-0.25, -0.2) is 0 Å². The average Bonchev–Trinajstić information content (AvgIpc) is 2.55. The minimum atomic E-state index is -1.26. The Bertz CT molecular complexity index is 793. The fourth-order valence-electron chi connectivity index (χ4n) is 1.83. The van der Waals surface area contributed by atoms with Crippen LogP contribution in [0.1, 0.15) is 20.7 Å². The molecular weight excluding hydrogens is 396 g/mol. The largest absolute Gasteiger partial charge is 0.545 e. The highest BCUT2D eigenvalue weighted by Gasteiger charge is 2.10. The Labute approximate surface area is 152 Å². The Morgan fingerprint density at radius 3 is 2.29 bits per heavy atom. The van der Waals surface area contributed by atoms with Crippen molar-refractivity contribution in [3.05, 3.63) is 58.1 Å². The minimum Gasteiger partial charge on any atom is -0.545 e. The first-order valence-corrected chi connectivity index (χ1v) is 7.88. The SMILES string of the molecule is COc1ccc(C(=O)NC(=S)Nc2ccc(C(=O)[O-])cc2)cc1Br. The van der Waals surface area contributed by atoms with Gasteiger partial charge >= 0.3 is 0 Å². The van der Waals surface area contributed by atoms with Crippen LogP contribution in [-0.4, -0.2) is 24.1 Å². The summed E-state index contributed by atoms with van der Waals surface area (Å²) in [5, 5.41) is 16.1. The molecule has 0 heterocycles. The number of hydrogen-bond donors (Lipinski definition) is 2. The van der Waals surface area contributed by atoms with E-state index in [4.69, 9.17) is 17.0 Å². The summed E-state index contributed by atoms with van der Waals surface area (Å²) in [6, 6.07) is 10.7. The number of nitrogens with one attached hydrogen (secondary N) is 2. The Morgan fingerprint density at radius 1 is 1.12 bits per heavy atom. The summed E-state index contributed by atoms with van der Waals surface area (Å²) < 4.78 is 5.75. The third-order valence-corrected chi connectivity index (χ3v) is 3.84. The van der Waals surface area contributed by atoms with Crippen molar-refractivity contribution >= 4 is 50.8 Å². The highest BCUT2D eigenvalue weighted by atomic mass is 79.9. The molecule has 8 heteroatoms. The second-order valence-electron chi connectivity index (χ2n) is 4.62. The molecule has 2 rings (SSSR count). The molecule has 0 aliphatic rings. The molecule has 0 spiro atoms. The molecule has 24 heavy (non-hydrogen) atoms. The highest BCUT2D eigenvalue weighted by molar-refractivity contribution is 9.10. The first kappa shape index (κ1) is 17.9. The predicted molar refractivity (Wildman–Crippen MR) is 95.2 cm³/mol. The van der Waals surface area contributed by atoms with E-state index in [1.807, 2.05) is 0 Å². The second-order valence-corrected chi connectivity index (χ2v) is 5.88. The van der Waals surface area contributed by atoms with E-state index >= 15 is 0 Å². The van der Waals surface area contributed by atoms with Crippen LogP contribution in [-0.2, 0) is 0 Å². The van der Waals surface area contributed by atoms with Gasteiger partial charge in [0.15, 0.2) is 5.11 Å². The summed E-state index contributed by atoms with van der Waals surface area (Å²) in [5.41, 5.74) is 0.999. The van der Waals surface area contributed by atoms with Crippen LogP contribution in [0.25, 0.3) is 0 Å². The zero-order chi connectivity index (χ0) is 17.7. The van der Waals surface area contributed by atoms with Gasteiger partial charge in [-0.05, 0) is 64.0 Å². The topological polar surface area (TPSA) is 90.5 Å². The van der Waals surface area contributed by atoms with Gasteiger partial charge in [0.1, 0.15) is 5.75 Å². The number of halogens is 1. The van der Waals surface area contributed by atoms with Crippen molar-refractivity contribution in [1.82, 2.24) is 5.32 Å². The number of ether oxygens (including phenoxy) is 1. The zero-order valence-corrected chi connectivity index (χ0v) is 14.9. The number of thiocarbonyl (C=S) groups is 1. The number of rotatable bonds is 4. The van der Waals surface area contributed by atoms with Crippen LogP contribution in [0.4, 0.5) is 5.69 Å². The van der Waals surface area contributed by atoms with Crippen LogP contribution in [0.3, 0.4) is 0 Å². The van der Waals surface area contributed by atoms with Crippen LogP contribution < -0.4 is 20.5 Å². The van der Waals surface area contributed by atoms with Gasteiger partial charge in [0, 0.05) is 11.3 Å². The van der Waals surface area contributed by atoms with E-state index in [0.717, 1.165) is 0 Å². The van der Waals surface area contributed by atoms with E-state index < -0.39 is 5.97 Å². The van der Waals surface area contributed by atoms with E-state index in [0.29, 0.717) is 21.5 Å². The van der Waals surface area contributed by atoms with Crippen molar-refractivity contribution in [2.45, 2.75) is 0 Å². The highest BCUT2D eigenvalue weighted by Crippen LogP contribution is 2.25. The molecule has 2 aromatic carbocycles. The van der Waals surface area contributed by atoms with Crippen molar-refractivity contribution in [3.8, 4) is 5.75 Å². The molecule has 2 aromatic rings. The van der Waals surface area contributed by atoms with E-state index in [1.54, 1.807) is 18.2 Å². The summed E-state index contributed by atoms with van der Waals surface area (Å²) >= 11 is 8.38. The summed E-state index contributed by atoms with van der Waals surface area (Å²) in [5.74, 6) is -1.04. The number of anilines is 1. The molecule has 0 radical (unpaired) electrons. The number of carbonyl (C=O) groups is 2. The van der Waals surface area contributed by atoms with Crippen molar-refractivity contribution in [3.63, 3.8) is 0 Å². The average molecular weight is 408 g/mol. The third-order valence-electron chi connectivity index (χ3n) is 3.02. The number of methoxy groups -OCH3 is 1. The van der Waals surface area contributed by atoms with Crippen molar-refractivity contribution in [2.24, 2.45) is 0 Å². The van der Waals surface area contributed by atoms with Gasteiger partial charge in [0.05, 0.1) is 17.6 Å². The standard InChI is InChI=1S/C16H13BrN2O4S/c1-23-13-7-4-10(8-12(13)17)14(20)19-16(24)18-11-5-2-9(3-6-11)15(21)22/h2-8H,1H3,(H,21,22)(H2,18,19,20,24)/p-1. The molecule has 1 amide bonds. The lowest BCUT2D eigenvalue weighted by atomic mass is 10.2. The molecule has 0 atom stereocenters. The van der Waals surface area contributed by atoms with E-state index in [-0.39, 0.29) is 16.6 Å². The Balaban J connectivity index is 2.00. The lowest BCUT2D eigenvalue weighted by Crippen LogP contribution is -2.34. The number of carboxylic acids is 1. The molecule has 0 saturated carbocycles. The van der Waals surface area contributed by atoms with Gasteiger partial charge in [0.2, 0.25) is 0 Å². The minimum absolute atomic E-state index is 0.0542. The lowest BCUT2D eigenvalue weighted by molar-refractivity contribution is -0.255. The number of carbonyl (C=O) groups excluding carboxylic acids is 2. The number of carboxylic acid groups (broad SMARTS) is 1. The van der Waals surface area contributed by atoms with Crippen LogP contribution in [0.15, 0.2) is 46.9 Å². The summed E-state index contributed by atoms with van der Waals surface area (Å²) in [6.07, 6.45) is 0.